The van der Waals surface area contributed by atoms with Crippen LogP contribution in [0.5, 0.6) is 0 Å². The Morgan fingerprint density at radius 3 is 1.12 bits per heavy atom. The second kappa shape index (κ2) is 10.0. The van der Waals surface area contributed by atoms with Crippen molar-refractivity contribution in [2.45, 2.75) is 0 Å². The molecule has 2 heterocycles. The minimum Gasteiger partial charge on any atom is -0.416 e. The van der Waals surface area contributed by atoms with Gasteiger partial charge in [0.1, 0.15) is 0 Å². The molecule has 0 fully saturated rings. The van der Waals surface area contributed by atoms with Gasteiger partial charge in [-0.3, -0.25) is 20.2 Å². The zero-order valence-electron chi connectivity index (χ0n) is 20.4. The summed E-state index contributed by atoms with van der Waals surface area (Å²) in [4.78, 5) is 21.0. The van der Waals surface area contributed by atoms with Crippen molar-refractivity contribution in [2.24, 2.45) is 0 Å². The number of nitro groups is 2. The predicted molar refractivity (Wildman–Crippen MR) is 143 cm³/mol. The van der Waals surface area contributed by atoms with Crippen molar-refractivity contribution in [1.82, 2.24) is 20.4 Å². The fourth-order valence-corrected chi connectivity index (χ4v) is 4.16. The molecular formula is C28H16N6O6. The molecule has 40 heavy (non-hydrogen) atoms. The molecule has 12 nitrogen and oxygen atoms in total. The van der Waals surface area contributed by atoms with Crippen LogP contribution in [0.25, 0.3) is 56.9 Å². The molecular weight excluding hydrogens is 516 g/mol. The minimum absolute atomic E-state index is 0.0387. The quantitative estimate of drug-likeness (QED) is 0.161. The molecule has 12 heteroatoms. The molecule has 2 aromatic heterocycles. The normalized spacial score (nSPS) is 10.9. The van der Waals surface area contributed by atoms with Crippen molar-refractivity contribution in [2.75, 3.05) is 0 Å². The first kappa shape index (κ1) is 24.3. The van der Waals surface area contributed by atoms with Gasteiger partial charge in [0.05, 0.1) is 9.85 Å². The highest BCUT2D eigenvalue weighted by atomic mass is 16.6. The topological polar surface area (TPSA) is 164 Å². The van der Waals surface area contributed by atoms with Crippen molar-refractivity contribution in [1.29, 1.82) is 0 Å². The van der Waals surface area contributed by atoms with Crippen LogP contribution >= 0.6 is 0 Å². The fourth-order valence-electron chi connectivity index (χ4n) is 4.16. The van der Waals surface area contributed by atoms with Crippen molar-refractivity contribution < 1.29 is 18.7 Å². The third-order valence-corrected chi connectivity index (χ3v) is 6.11. The summed E-state index contributed by atoms with van der Waals surface area (Å²) in [5.74, 6) is 0.960. The lowest BCUT2D eigenvalue weighted by Gasteiger charge is -2.10. The van der Waals surface area contributed by atoms with Gasteiger partial charge in [-0.15, -0.1) is 20.4 Å². The van der Waals surface area contributed by atoms with Crippen LogP contribution in [-0.4, -0.2) is 30.2 Å². The number of benzene rings is 4. The lowest BCUT2D eigenvalue weighted by atomic mass is 9.95. The molecule has 0 N–H and O–H groups in total. The highest BCUT2D eigenvalue weighted by molar-refractivity contribution is 5.88. The molecule has 0 unspecified atom stereocenters. The number of hydrogen-bond acceptors (Lipinski definition) is 10. The summed E-state index contributed by atoms with van der Waals surface area (Å²) in [5.41, 5.74) is 3.88. The largest absolute Gasteiger partial charge is 0.416 e. The lowest BCUT2D eigenvalue weighted by molar-refractivity contribution is -0.385. The summed E-state index contributed by atoms with van der Waals surface area (Å²) in [7, 11) is 0. The van der Waals surface area contributed by atoms with E-state index in [1.165, 1.54) is 24.3 Å². The second-order valence-electron chi connectivity index (χ2n) is 8.52. The molecule has 0 spiro atoms. The lowest BCUT2D eigenvalue weighted by Crippen LogP contribution is -1.89. The Hall–Kier alpha value is -6.04. The summed E-state index contributed by atoms with van der Waals surface area (Å²) in [6.07, 6.45) is 0. The van der Waals surface area contributed by atoms with Gasteiger partial charge in [0, 0.05) is 46.5 Å². The third-order valence-electron chi connectivity index (χ3n) is 6.11. The first-order chi connectivity index (χ1) is 19.5. The standard InChI is InChI=1S/C28H16N6O6/c35-33(36)19-13-9-17(10-14-19)25-29-31-27(39-25)23-7-3-1-5-21(23)22-6-2-4-8-24(22)28-32-30-26(40-28)18-11-15-20(16-12-18)34(37)38/h1-16H. The number of non-ortho nitro benzene ring substituents is 2. The molecule has 0 saturated carbocycles. The van der Waals surface area contributed by atoms with Crippen LogP contribution in [0, 0.1) is 20.2 Å². The molecule has 0 aliphatic carbocycles. The smallest absolute Gasteiger partial charge is 0.269 e. The van der Waals surface area contributed by atoms with Crippen molar-refractivity contribution in [3.05, 3.63) is 117 Å². The van der Waals surface area contributed by atoms with Gasteiger partial charge in [0.2, 0.25) is 23.6 Å². The van der Waals surface area contributed by atoms with Crippen molar-refractivity contribution >= 4 is 11.4 Å². The van der Waals surface area contributed by atoms with Gasteiger partial charge in [0.15, 0.2) is 0 Å². The average Bonchev–Trinajstić information content (AvgIpc) is 3.68. The molecule has 0 saturated heterocycles. The van der Waals surface area contributed by atoms with Crippen LogP contribution in [0.4, 0.5) is 11.4 Å². The van der Waals surface area contributed by atoms with E-state index >= 15 is 0 Å². The number of rotatable bonds is 7. The summed E-state index contributed by atoms with van der Waals surface area (Å²) in [6.45, 7) is 0. The molecule has 6 aromatic rings. The molecule has 0 amide bonds. The number of hydrogen-bond donors (Lipinski definition) is 0. The van der Waals surface area contributed by atoms with Gasteiger partial charge in [-0.1, -0.05) is 36.4 Å². The van der Waals surface area contributed by atoms with E-state index in [-0.39, 0.29) is 34.9 Å². The molecule has 6 rings (SSSR count). The maximum atomic E-state index is 11.0. The van der Waals surface area contributed by atoms with E-state index in [9.17, 15) is 20.2 Å². The summed E-state index contributed by atoms with van der Waals surface area (Å²) < 4.78 is 11.9. The van der Waals surface area contributed by atoms with E-state index in [2.05, 4.69) is 20.4 Å². The van der Waals surface area contributed by atoms with Crippen molar-refractivity contribution in [3.8, 4) is 56.9 Å². The van der Waals surface area contributed by atoms with Gasteiger partial charge in [-0.2, -0.15) is 0 Å². The van der Waals surface area contributed by atoms with Crippen LogP contribution in [-0.2, 0) is 0 Å². The second-order valence-corrected chi connectivity index (χ2v) is 8.52. The highest BCUT2D eigenvalue weighted by Crippen LogP contribution is 2.38. The van der Waals surface area contributed by atoms with E-state index in [1.54, 1.807) is 24.3 Å². The molecule has 0 bridgehead atoms. The van der Waals surface area contributed by atoms with Gasteiger partial charge < -0.3 is 8.83 Å². The predicted octanol–water partition coefficient (Wildman–Crippen LogP) is 6.60. The Morgan fingerprint density at radius 2 is 0.775 bits per heavy atom. The molecule has 0 atom stereocenters. The van der Waals surface area contributed by atoms with Crippen LogP contribution in [0.15, 0.2) is 106 Å². The van der Waals surface area contributed by atoms with Gasteiger partial charge in [-0.25, -0.2) is 0 Å². The van der Waals surface area contributed by atoms with Crippen LogP contribution in [0.2, 0.25) is 0 Å². The van der Waals surface area contributed by atoms with E-state index < -0.39 is 9.85 Å². The van der Waals surface area contributed by atoms with Gasteiger partial charge in [-0.05, 0) is 47.5 Å². The Balaban J connectivity index is 1.36. The SMILES string of the molecule is O=[N+]([O-])c1ccc(-c2nnc(-c3ccccc3-c3ccccc3-c3nnc(-c4ccc([N+](=O)[O-])cc4)o3)o2)cc1. The van der Waals surface area contributed by atoms with Crippen LogP contribution < -0.4 is 0 Å². The van der Waals surface area contributed by atoms with Crippen LogP contribution in [0.1, 0.15) is 0 Å². The van der Waals surface area contributed by atoms with Crippen LogP contribution in [0.3, 0.4) is 0 Å². The van der Waals surface area contributed by atoms with Gasteiger partial charge in [0.25, 0.3) is 11.4 Å². The highest BCUT2D eigenvalue weighted by Gasteiger charge is 2.20. The molecule has 0 radical (unpaired) electrons. The number of aromatic nitrogens is 4. The molecule has 0 aliphatic heterocycles. The first-order valence-electron chi connectivity index (χ1n) is 11.8. The molecule has 194 valence electrons. The number of nitro benzene ring substituents is 2. The Bertz CT molecular complexity index is 1720. The Morgan fingerprint density at radius 1 is 0.450 bits per heavy atom. The maximum absolute atomic E-state index is 11.0. The average molecular weight is 532 g/mol. The number of nitrogens with zero attached hydrogens (tertiary/aromatic N) is 6. The van der Waals surface area contributed by atoms with E-state index in [0.717, 1.165) is 11.1 Å². The first-order valence-corrected chi connectivity index (χ1v) is 11.8. The molecule has 4 aromatic carbocycles. The van der Waals surface area contributed by atoms with Gasteiger partial charge >= 0.3 is 0 Å². The fraction of sp³-hybridized carbons (Fsp3) is 0. The summed E-state index contributed by atoms with van der Waals surface area (Å²) >= 11 is 0. The van der Waals surface area contributed by atoms with E-state index in [1.807, 2.05) is 48.5 Å². The monoisotopic (exact) mass is 532 g/mol. The summed E-state index contributed by atoms with van der Waals surface area (Å²) in [6, 6.07) is 26.6. The maximum Gasteiger partial charge on any atom is 0.269 e. The van der Waals surface area contributed by atoms with Crippen molar-refractivity contribution in [3.63, 3.8) is 0 Å². The Labute approximate surface area is 224 Å². The third kappa shape index (κ3) is 4.56. The van der Waals surface area contributed by atoms with E-state index in [4.69, 9.17) is 8.83 Å². The minimum atomic E-state index is -0.477. The molecule has 0 aliphatic rings. The Kier molecular flexibility index (Phi) is 6.09. The zero-order valence-corrected chi connectivity index (χ0v) is 20.4. The zero-order chi connectivity index (χ0) is 27.6. The summed E-state index contributed by atoms with van der Waals surface area (Å²) in [5, 5.41) is 38.6. The van der Waals surface area contributed by atoms with E-state index in [0.29, 0.717) is 22.3 Å².